The minimum atomic E-state index is 0.440. The van der Waals surface area contributed by atoms with Crippen LogP contribution in [0.25, 0.3) is 0 Å². The van der Waals surface area contributed by atoms with Crippen LogP contribution in [0, 0.1) is 5.41 Å². The lowest BCUT2D eigenvalue weighted by molar-refractivity contribution is 0.563. The molecule has 0 aliphatic carbocycles. The highest BCUT2D eigenvalue weighted by molar-refractivity contribution is 6.38. The highest BCUT2D eigenvalue weighted by Gasteiger charge is 1.82. The first-order chi connectivity index (χ1) is 3.66. The van der Waals surface area contributed by atoms with Gasteiger partial charge in [-0.2, -0.15) is 0 Å². The molecule has 8 heavy (non-hydrogen) atoms. The quantitative estimate of drug-likeness (QED) is 0.563. The first-order valence-electron chi connectivity index (χ1n) is 2.21. The molecule has 0 unspecified atom stereocenters. The molecule has 0 atom stereocenters. The average Bonchev–Trinajstić information content (AvgIpc) is 1.65. The van der Waals surface area contributed by atoms with E-state index < -0.39 is 0 Å². The van der Waals surface area contributed by atoms with Crippen LogP contribution in [0.4, 0.5) is 0 Å². The molecule has 2 nitrogen and oxygen atoms in total. The highest BCUT2D eigenvalue weighted by Crippen LogP contribution is 1.95. The zero-order valence-corrected chi connectivity index (χ0v) is 5.74. The number of hydrogen-bond acceptors (Lipinski definition) is 2. The molecular weight excluding hydrogens is 124 g/mol. The van der Waals surface area contributed by atoms with Crippen molar-refractivity contribution in [3.63, 3.8) is 0 Å². The lowest BCUT2D eigenvalue weighted by Crippen LogP contribution is -2.01. The van der Waals surface area contributed by atoms with Crippen molar-refractivity contribution < 1.29 is 0 Å². The van der Waals surface area contributed by atoms with Gasteiger partial charge in [-0.15, -0.1) is 0 Å². The Morgan fingerprint density at radius 3 is 2.25 bits per heavy atom. The van der Waals surface area contributed by atoms with Gasteiger partial charge in [-0.25, -0.2) is 0 Å². The summed E-state index contributed by atoms with van der Waals surface area (Å²) in [5.41, 5.74) is 0. The van der Waals surface area contributed by atoms with Crippen molar-refractivity contribution >= 4 is 17.8 Å². The second-order valence-corrected chi connectivity index (χ2v) is 2.06. The molecule has 0 spiro atoms. The van der Waals surface area contributed by atoms with Gasteiger partial charge in [0.25, 0.3) is 0 Å². The zero-order valence-electron chi connectivity index (χ0n) is 4.98. The average molecular weight is 133 g/mol. The Balaban J connectivity index is 3.74. The second-order valence-electron chi connectivity index (χ2n) is 1.62. The van der Waals surface area contributed by atoms with E-state index in [1.165, 1.54) is 0 Å². The summed E-state index contributed by atoms with van der Waals surface area (Å²) in [4.78, 5) is 1.79. The molecule has 0 aromatic rings. The molecular formula is C5H9ClN2. The van der Waals surface area contributed by atoms with Crippen LogP contribution in [0.3, 0.4) is 0 Å². The number of hydrogen-bond donors (Lipinski definition) is 1. The molecule has 0 heterocycles. The lowest BCUT2D eigenvalue weighted by Gasteiger charge is -2.02. The minimum Gasteiger partial charge on any atom is -0.382 e. The van der Waals surface area contributed by atoms with Crippen LogP contribution in [0.1, 0.15) is 0 Å². The Bertz CT molecular complexity index is 107. The third kappa shape index (κ3) is 3.68. The van der Waals surface area contributed by atoms with Gasteiger partial charge in [0.2, 0.25) is 0 Å². The predicted molar refractivity (Wildman–Crippen MR) is 36.4 cm³/mol. The van der Waals surface area contributed by atoms with Gasteiger partial charge in [-0.3, -0.25) is 0 Å². The summed E-state index contributed by atoms with van der Waals surface area (Å²) < 4.78 is 0. The topological polar surface area (TPSA) is 27.1 Å². The van der Waals surface area contributed by atoms with Crippen LogP contribution in [0.2, 0.25) is 0 Å². The van der Waals surface area contributed by atoms with Crippen molar-refractivity contribution in [1.29, 1.82) is 5.41 Å². The van der Waals surface area contributed by atoms with Gasteiger partial charge in [0.05, 0.1) is 5.03 Å². The number of nitrogens with one attached hydrogen (secondary N) is 1. The van der Waals surface area contributed by atoms with Gasteiger partial charge in [0.1, 0.15) is 0 Å². The maximum Gasteiger partial charge on any atom is 0.0739 e. The highest BCUT2D eigenvalue weighted by atomic mass is 35.5. The Morgan fingerprint density at radius 2 is 2.12 bits per heavy atom. The van der Waals surface area contributed by atoms with E-state index in [0.29, 0.717) is 5.03 Å². The number of nitrogens with zero attached hydrogens (tertiary/aromatic N) is 1. The van der Waals surface area contributed by atoms with Gasteiger partial charge in [0, 0.05) is 26.5 Å². The lowest BCUT2D eigenvalue weighted by atomic mass is 10.6. The Labute approximate surface area is 54.3 Å². The molecule has 0 aliphatic heterocycles. The third-order valence-corrected chi connectivity index (χ3v) is 0.726. The fraction of sp³-hybridized carbons (Fsp3) is 0.400. The summed E-state index contributed by atoms with van der Waals surface area (Å²) in [7, 11) is 3.71. The molecule has 0 aromatic carbocycles. The van der Waals surface area contributed by atoms with Gasteiger partial charge < -0.3 is 10.3 Å². The van der Waals surface area contributed by atoms with E-state index >= 15 is 0 Å². The van der Waals surface area contributed by atoms with Crippen LogP contribution in [-0.2, 0) is 0 Å². The summed E-state index contributed by atoms with van der Waals surface area (Å²) in [6.07, 6.45) is 2.76. The van der Waals surface area contributed by atoms with Gasteiger partial charge in [-0.05, 0) is 0 Å². The number of allylic oxidation sites excluding steroid dienone is 1. The largest absolute Gasteiger partial charge is 0.382 e. The molecule has 0 radical (unpaired) electrons. The predicted octanol–water partition coefficient (Wildman–Crippen LogP) is 1.28. The first kappa shape index (κ1) is 7.50. The summed E-state index contributed by atoms with van der Waals surface area (Å²) in [5, 5.41) is 7.09. The monoisotopic (exact) mass is 132 g/mol. The Kier molecular flexibility index (Phi) is 3.28. The van der Waals surface area contributed by atoms with Crippen molar-refractivity contribution in [3.8, 4) is 0 Å². The molecule has 3 heteroatoms. The molecule has 0 saturated heterocycles. The molecule has 0 aliphatic rings. The maximum absolute atomic E-state index is 6.65. The molecule has 1 N–H and O–H groups in total. The van der Waals surface area contributed by atoms with Crippen LogP contribution < -0.4 is 0 Å². The van der Waals surface area contributed by atoms with Crippen molar-refractivity contribution in [1.82, 2.24) is 4.90 Å². The summed E-state index contributed by atoms with van der Waals surface area (Å²) in [5.74, 6) is 0. The van der Waals surface area contributed by atoms with E-state index in [0.717, 1.165) is 6.21 Å². The van der Waals surface area contributed by atoms with Crippen LogP contribution in [-0.4, -0.2) is 25.2 Å². The Hall–Kier alpha value is -0.500. The van der Waals surface area contributed by atoms with E-state index in [1.54, 1.807) is 11.1 Å². The molecule has 0 saturated carbocycles. The molecule has 0 fully saturated rings. The third-order valence-electron chi connectivity index (χ3n) is 0.519. The summed E-state index contributed by atoms with van der Waals surface area (Å²) >= 11 is 5.44. The van der Waals surface area contributed by atoms with E-state index in [1.807, 2.05) is 14.1 Å². The molecule has 46 valence electrons. The SMILES string of the molecule is CN(C)/C=C(\Cl)C=N. The molecule has 0 rings (SSSR count). The van der Waals surface area contributed by atoms with Crippen molar-refractivity contribution in [3.05, 3.63) is 11.2 Å². The van der Waals surface area contributed by atoms with Crippen molar-refractivity contribution in [2.45, 2.75) is 0 Å². The van der Waals surface area contributed by atoms with Crippen LogP contribution in [0.15, 0.2) is 11.2 Å². The first-order valence-corrected chi connectivity index (χ1v) is 2.59. The van der Waals surface area contributed by atoms with Crippen LogP contribution >= 0.6 is 11.6 Å². The second kappa shape index (κ2) is 3.50. The van der Waals surface area contributed by atoms with E-state index in [-0.39, 0.29) is 0 Å². The normalized spacial score (nSPS) is 11.1. The number of halogens is 1. The van der Waals surface area contributed by atoms with Crippen LogP contribution in [0.5, 0.6) is 0 Å². The number of rotatable bonds is 2. The molecule has 0 bridgehead atoms. The van der Waals surface area contributed by atoms with E-state index in [4.69, 9.17) is 17.0 Å². The van der Waals surface area contributed by atoms with Crippen molar-refractivity contribution in [2.75, 3.05) is 14.1 Å². The fourth-order valence-corrected chi connectivity index (χ4v) is 0.479. The molecule has 0 amide bonds. The molecule has 0 aromatic heterocycles. The van der Waals surface area contributed by atoms with Gasteiger partial charge >= 0.3 is 0 Å². The minimum absolute atomic E-state index is 0.440. The fourth-order valence-electron chi connectivity index (χ4n) is 0.284. The van der Waals surface area contributed by atoms with E-state index in [9.17, 15) is 0 Å². The van der Waals surface area contributed by atoms with Gasteiger partial charge in [-0.1, -0.05) is 11.6 Å². The maximum atomic E-state index is 6.65. The van der Waals surface area contributed by atoms with Crippen molar-refractivity contribution in [2.24, 2.45) is 0 Å². The Morgan fingerprint density at radius 1 is 1.62 bits per heavy atom. The summed E-state index contributed by atoms with van der Waals surface area (Å²) in [6.45, 7) is 0. The van der Waals surface area contributed by atoms with E-state index in [2.05, 4.69) is 0 Å². The zero-order chi connectivity index (χ0) is 6.57. The standard InChI is InChI=1S/C5H9ClN2/c1-8(2)4-5(6)3-7/h3-4,7H,1-2H3/b5-4-,7-3?. The smallest absolute Gasteiger partial charge is 0.0739 e. The summed E-state index contributed by atoms with van der Waals surface area (Å²) in [6, 6.07) is 0. The van der Waals surface area contributed by atoms with Gasteiger partial charge in [0.15, 0.2) is 0 Å².